The zero-order chi connectivity index (χ0) is 13.7. The molecule has 0 bridgehead atoms. The molecule has 19 heavy (non-hydrogen) atoms. The lowest BCUT2D eigenvalue weighted by atomic mass is 10.1. The first kappa shape index (κ1) is 11.4. The van der Waals surface area contributed by atoms with Gasteiger partial charge in [0.1, 0.15) is 33.8 Å². The maximum absolute atomic E-state index is 12.3. The van der Waals surface area contributed by atoms with Crippen LogP contribution in [-0.2, 0) is 0 Å². The molecule has 0 aliphatic rings. The molecule has 0 saturated heterocycles. The van der Waals surface area contributed by atoms with Gasteiger partial charge in [0.2, 0.25) is 5.43 Å². The van der Waals surface area contributed by atoms with Gasteiger partial charge in [-0.1, -0.05) is 0 Å². The fraction of sp³-hybridized carbons (Fsp3) is 0.0714. The highest BCUT2D eigenvalue weighted by Gasteiger charge is 2.15. The Morgan fingerprint density at radius 1 is 1.05 bits per heavy atom. The molecular weight excluding hydrogens is 248 g/mol. The largest absolute Gasteiger partial charge is 0.508 e. The van der Waals surface area contributed by atoms with E-state index in [9.17, 15) is 20.1 Å². The summed E-state index contributed by atoms with van der Waals surface area (Å²) >= 11 is 0. The van der Waals surface area contributed by atoms with Gasteiger partial charge in [-0.05, 0) is 19.1 Å². The van der Waals surface area contributed by atoms with Crippen LogP contribution in [0.3, 0.4) is 0 Å². The van der Waals surface area contributed by atoms with Gasteiger partial charge in [0, 0.05) is 17.7 Å². The number of phenolic OH excluding ortho intramolecular Hbond substituents is 3. The van der Waals surface area contributed by atoms with Crippen molar-refractivity contribution in [2.75, 3.05) is 0 Å². The molecule has 1 heterocycles. The molecule has 0 unspecified atom stereocenters. The first-order valence-corrected chi connectivity index (χ1v) is 5.60. The van der Waals surface area contributed by atoms with Gasteiger partial charge in [-0.2, -0.15) is 0 Å². The summed E-state index contributed by atoms with van der Waals surface area (Å²) in [6.45, 7) is 1.62. The molecule has 2 aromatic carbocycles. The molecule has 0 fully saturated rings. The van der Waals surface area contributed by atoms with Gasteiger partial charge in [0.15, 0.2) is 0 Å². The van der Waals surface area contributed by atoms with Gasteiger partial charge in [0.25, 0.3) is 0 Å². The highest BCUT2D eigenvalue weighted by atomic mass is 16.3. The first-order valence-electron chi connectivity index (χ1n) is 5.60. The van der Waals surface area contributed by atoms with E-state index in [0.29, 0.717) is 5.56 Å². The van der Waals surface area contributed by atoms with Gasteiger partial charge in [-0.25, -0.2) is 0 Å². The molecule has 5 heteroatoms. The van der Waals surface area contributed by atoms with E-state index in [4.69, 9.17) is 4.42 Å². The third-order valence-electron chi connectivity index (χ3n) is 3.13. The van der Waals surface area contributed by atoms with Crippen LogP contribution < -0.4 is 5.43 Å². The minimum atomic E-state index is -0.406. The maximum atomic E-state index is 12.3. The second-order valence-electron chi connectivity index (χ2n) is 4.36. The monoisotopic (exact) mass is 258 g/mol. The highest BCUT2D eigenvalue weighted by Crippen LogP contribution is 2.32. The Balaban J connectivity index is 2.64. The number of hydrogen-bond donors (Lipinski definition) is 3. The van der Waals surface area contributed by atoms with Crippen molar-refractivity contribution in [3.63, 3.8) is 0 Å². The second kappa shape index (κ2) is 3.65. The first-order chi connectivity index (χ1) is 8.99. The molecule has 0 radical (unpaired) electrons. The molecule has 96 valence electrons. The Bertz CT molecular complexity index is 877. The smallest absolute Gasteiger partial charge is 0.204 e. The predicted molar refractivity (Wildman–Crippen MR) is 69.7 cm³/mol. The van der Waals surface area contributed by atoms with Gasteiger partial charge < -0.3 is 19.7 Å². The Morgan fingerprint density at radius 2 is 1.79 bits per heavy atom. The number of aryl methyl sites for hydroxylation is 1. The summed E-state index contributed by atoms with van der Waals surface area (Å²) in [6, 6.07) is 5.17. The number of benzene rings is 2. The Kier molecular flexibility index (Phi) is 2.19. The molecule has 3 aromatic rings. The average molecular weight is 258 g/mol. The average Bonchev–Trinajstić information content (AvgIpc) is 2.33. The number of rotatable bonds is 0. The van der Waals surface area contributed by atoms with E-state index < -0.39 is 5.43 Å². The number of aromatic hydroxyl groups is 3. The zero-order valence-corrected chi connectivity index (χ0v) is 9.97. The molecule has 5 nitrogen and oxygen atoms in total. The van der Waals surface area contributed by atoms with Crippen molar-refractivity contribution in [3.8, 4) is 17.2 Å². The molecule has 0 atom stereocenters. The maximum Gasteiger partial charge on any atom is 0.204 e. The molecule has 0 saturated carbocycles. The summed E-state index contributed by atoms with van der Waals surface area (Å²) in [7, 11) is 0. The summed E-state index contributed by atoms with van der Waals surface area (Å²) in [5.74, 6) is -0.527. The van der Waals surface area contributed by atoms with Crippen molar-refractivity contribution in [2.24, 2.45) is 0 Å². The lowest BCUT2D eigenvalue weighted by Crippen LogP contribution is -2.03. The van der Waals surface area contributed by atoms with Crippen LogP contribution >= 0.6 is 0 Å². The van der Waals surface area contributed by atoms with E-state index in [0.717, 1.165) is 6.07 Å². The van der Waals surface area contributed by atoms with Crippen molar-refractivity contribution in [2.45, 2.75) is 6.92 Å². The minimum Gasteiger partial charge on any atom is -0.508 e. The van der Waals surface area contributed by atoms with Crippen LogP contribution in [0.1, 0.15) is 5.56 Å². The lowest BCUT2D eigenvalue weighted by Gasteiger charge is -2.06. The fourth-order valence-corrected chi connectivity index (χ4v) is 2.13. The SMILES string of the molecule is Cc1c(O)ccc2c(=O)c3c(O)cc(O)cc3oc12. The molecule has 1 aromatic heterocycles. The van der Waals surface area contributed by atoms with Crippen LogP contribution in [0.2, 0.25) is 0 Å². The van der Waals surface area contributed by atoms with Crippen molar-refractivity contribution >= 4 is 21.9 Å². The van der Waals surface area contributed by atoms with Crippen LogP contribution in [0.15, 0.2) is 33.5 Å². The van der Waals surface area contributed by atoms with Gasteiger partial charge >= 0.3 is 0 Å². The zero-order valence-electron chi connectivity index (χ0n) is 9.97. The third-order valence-corrected chi connectivity index (χ3v) is 3.13. The number of hydrogen-bond acceptors (Lipinski definition) is 5. The Morgan fingerprint density at radius 3 is 2.53 bits per heavy atom. The van der Waals surface area contributed by atoms with Crippen molar-refractivity contribution in [3.05, 3.63) is 40.1 Å². The number of fused-ring (bicyclic) bond motifs is 2. The summed E-state index contributed by atoms with van der Waals surface area (Å²) in [6.07, 6.45) is 0. The quantitative estimate of drug-likeness (QED) is 0.538. The van der Waals surface area contributed by atoms with Crippen LogP contribution in [0.25, 0.3) is 21.9 Å². The second-order valence-corrected chi connectivity index (χ2v) is 4.36. The summed E-state index contributed by atoms with van der Waals surface area (Å²) in [5, 5.41) is 29.1. The lowest BCUT2D eigenvalue weighted by molar-refractivity contribution is 0.453. The van der Waals surface area contributed by atoms with Gasteiger partial charge in [0.05, 0.1) is 5.39 Å². The Labute approximate surface area is 107 Å². The van der Waals surface area contributed by atoms with Crippen LogP contribution in [-0.4, -0.2) is 15.3 Å². The summed E-state index contributed by atoms with van der Waals surface area (Å²) in [5.41, 5.74) is 0.336. The van der Waals surface area contributed by atoms with Crippen molar-refractivity contribution < 1.29 is 19.7 Å². The predicted octanol–water partition coefficient (Wildman–Crippen LogP) is 2.37. The van der Waals surface area contributed by atoms with Gasteiger partial charge in [-0.3, -0.25) is 4.79 Å². The summed E-state index contributed by atoms with van der Waals surface area (Å²) in [4.78, 5) is 12.3. The van der Waals surface area contributed by atoms with E-state index in [1.165, 1.54) is 18.2 Å². The fourth-order valence-electron chi connectivity index (χ4n) is 2.13. The van der Waals surface area contributed by atoms with E-state index in [-0.39, 0.29) is 39.2 Å². The van der Waals surface area contributed by atoms with Crippen LogP contribution in [0.5, 0.6) is 17.2 Å². The van der Waals surface area contributed by atoms with Crippen molar-refractivity contribution in [1.82, 2.24) is 0 Å². The topological polar surface area (TPSA) is 90.9 Å². The molecule has 0 aliphatic carbocycles. The highest BCUT2D eigenvalue weighted by molar-refractivity contribution is 5.95. The van der Waals surface area contributed by atoms with Gasteiger partial charge in [-0.15, -0.1) is 0 Å². The molecule has 0 spiro atoms. The van der Waals surface area contributed by atoms with E-state index >= 15 is 0 Å². The van der Waals surface area contributed by atoms with Crippen molar-refractivity contribution in [1.29, 1.82) is 0 Å². The third kappa shape index (κ3) is 1.52. The van der Waals surface area contributed by atoms with Crippen LogP contribution in [0.4, 0.5) is 0 Å². The molecule has 3 rings (SSSR count). The summed E-state index contributed by atoms with van der Waals surface area (Å²) < 4.78 is 5.52. The van der Waals surface area contributed by atoms with E-state index in [1.54, 1.807) is 6.92 Å². The van der Waals surface area contributed by atoms with E-state index in [1.807, 2.05) is 0 Å². The normalized spacial score (nSPS) is 11.2. The number of phenols is 3. The Hall–Kier alpha value is -2.69. The molecule has 3 N–H and O–H groups in total. The molecular formula is C14H10O5. The standard InChI is InChI=1S/C14H10O5/c1-6-9(16)3-2-8-13(18)12-10(17)4-7(15)5-11(12)19-14(6)8/h2-5,15-17H,1H3. The minimum absolute atomic E-state index is 0.00962. The molecule has 0 amide bonds. The van der Waals surface area contributed by atoms with Crippen LogP contribution in [0, 0.1) is 6.92 Å². The van der Waals surface area contributed by atoms with E-state index in [2.05, 4.69) is 0 Å². The molecule has 0 aliphatic heterocycles.